The fourth-order valence-corrected chi connectivity index (χ4v) is 1.91. The lowest BCUT2D eigenvalue weighted by Gasteiger charge is -2.22. The van der Waals surface area contributed by atoms with Crippen LogP contribution in [0, 0.1) is 5.41 Å². The third-order valence-corrected chi connectivity index (χ3v) is 3.07. The van der Waals surface area contributed by atoms with Crippen LogP contribution in [0.5, 0.6) is 5.75 Å². The van der Waals surface area contributed by atoms with Crippen molar-refractivity contribution >= 4 is 5.78 Å². The van der Waals surface area contributed by atoms with Gasteiger partial charge in [0.1, 0.15) is 11.5 Å². The summed E-state index contributed by atoms with van der Waals surface area (Å²) >= 11 is 0. The van der Waals surface area contributed by atoms with Crippen LogP contribution in [0.4, 0.5) is 0 Å². The van der Waals surface area contributed by atoms with E-state index in [4.69, 9.17) is 6.11 Å². The van der Waals surface area contributed by atoms with Crippen molar-refractivity contribution in [1.82, 2.24) is 0 Å². The molecule has 1 unspecified atom stereocenters. The van der Waals surface area contributed by atoms with Crippen LogP contribution < -0.4 is 4.74 Å². The minimum absolute atomic E-state index is 0.202. The highest BCUT2D eigenvalue weighted by Crippen LogP contribution is 2.29. The third-order valence-electron chi connectivity index (χ3n) is 3.07. The van der Waals surface area contributed by atoms with Crippen molar-refractivity contribution in [2.45, 2.75) is 40.0 Å². The summed E-state index contributed by atoms with van der Waals surface area (Å²) in [6, 6.07) is 5.74. The van der Waals surface area contributed by atoms with Gasteiger partial charge in [0, 0.05) is 13.2 Å². The molecule has 1 atom stereocenters. The highest BCUT2D eigenvalue weighted by molar-refractivity contribution is 5.86. The topological polar surface area (TPSA) is 26.3 Å². The molecule has 2 heteroatoms. The van der Waals surface area contributed by atoms with Crippen molar-refractivity contribution in [2.24, 2.45) is 5.41 Å². The van der Waals surface area contributed by atoms with E-state index in [0.29, 0.717) is 19.4 Å². The molecule has 0 amide bonds. The predicted octanol–water partition coefficient (Wildman–Crippen LogP) is 3.17. The molecule has 0 radical (unpaired) electrons. The number of hydrogen-bond donors (Lipinski definition) is 0. The molecule has 0 aromatic heterocycles. The molecule has 0 bridgehead atoms. The second kappa shape index (κ2) is 4.52. The standard InChI is InChI=1S/C15H20O2/c1-15(2,3)14(16)10-11-6-4-8-13-12(11)7-5-9-17-13/h4,6,8H,5,7,9-10H2,1-3H3/i7D. The second-order valence-electron chi connectivity index (χ2n) is 5.52. The van der Waals surface area contributed by atoms with Gasteiger partial charge in [0.2, 0.25) is 0 Å². The van der Waals surface area contributed by atoms with Gasteiger partial charge in [-0.25, -0.2) is 0 Å². The minimum Gasteiger partial charge on any atom is -0.493 e. The van der Waals surface area contributed by atoms with Gasteiger partial charge in [-0.1, -0.05) is 32.9 Å². The molecule has 0 spiro atoms. The Hall–Kier alpha value is -1.31. The molecule has 1 aromatic carbocycles. The van der Waals surface area contributed by atoms with Crippen molar-refractivity contribution in [3.63, 3.8) is 0 Å². The summed E-state index contributed by atoms with van der Waals surface area (Å²) in [7, 11) is 0. The number of hydrogen-bond acceptors (Lipinski definition) is 2. The zero-order chi connectivity index (χ0) is 13.3. The number of ketones is 1. The summed E-state index contributed by atoms with van der Waals surface area (Å²) < 4.78 is 13.7. The lowest BCUT2D eigenvalue weighted by molar-refractivity contribution is -0.125. The number of rotatable bonds is 2. The molecule has 0 aliphatic carbocycles. The number of benzene rings is 1. The van der Waals surface area contributed by atoms with E-state index in [1.54, 1.807) is 0 Å². The van der Waals surface area contributed by atoms with Crippen LogP contribution in [0.1, 0.15) is 39.7 Å². The monoisotopic (exact) mass is 233 g/mol. The van der Waals surface area contributed by atoms with E-state index in [0.717, 1.165) is 16.9 Å². The fourth-order valence-electron chi connectivity index (χ4n) is 1.91. The fraction of sp³-hybridized carbons (Fsp3) is 0.533. The first-order chi connectivity index (χ1) is 8.39. The van der Waals surface area contributed by atoms with Gasteiger partial charge in [-0.05, 0) is 30.0 Å². The van der Waals surface area contributed by atoms with Gasteiger partial charge in [0.25, 0.3) is 0 Å². The minimum atomic E-state index is -0.338. The summed E-state index contributed by atoms with van der Waals surface area (Å²) in [5.74, 6) is 0.981. The maximum absolute atomic E-state index is 12.1. The maximum Gasteiger partial charge on any atom is 0.142 e. The molecule has 2 nitrogen and oxygen atoms in total. The van der Waals surface area contributed by atoms with Gasteiger partial charge >= 0.3 is 0 Å². The Kier molecular flexibility index (Phi) is 2.87. The Labute approximate surface area is 104 Å². The summed E-state index contributed by atoms with van der Waals surface area (Å²) in [5, 5.41) is 0. The van der Waals surface area contributed by atoms with Crippen molar-refractivity contribution < 1.29 is 10.9 Å². The van der Waals surface area contributed by atoms with Crippen LogP contribution >= 0.6 is 0 Å². The molecule has 2 rings (SSSR count). The van der Waals surface area contributed by atoms with Gasteiger partial charge in [0.15, 0.2) is 0 Å². The first-order valence-corrected chi connectivity index (χ1v) is 6.09. The van der Waals surface area contributed by atoms with E-state index in [9.17, 15) is 4.79 Å². The Balaban J connectivity index is 2.32. The van der Waals surface area contributed by atoms with E-state index < -0.39 is 0 Å². The SMILES string of the molecule is [2H]C1CCOc2cccc(CC(=O)C(C)(C)C)c21. The summed E-state index contributed by atoms with van der Waals surface area (Å²) in [6.45, 7) is 6.38. The molecular formula is C15H20O2. The molecule has 0 saturated heterocycles. The van der Waals surface area contributed by atoms with Crippen LogP contribution in [-0.4, -0.2) is 12.4 Å². The van der Waals surface area contributed by atoms with E-state index in [2.05, 4.69) is 0 Å². The number of Topliss-reactive ketones (excluding diaryl/α,β-unsaturated/α-hetero) is 1. The van der Waals surface area contributed by atoms with E-state index in [-0.39, 0.29) is 17.6 Å². The van der Waals surface area contributed by atoms with E-state index >= 15 is 0 Å². The molecular weight excluding hydrogens is 212 g/mol. The quantitative estimate of drug-likeness (QED) is 0.784. The van der Waals surface area contributed by atoms with Crippen molar-refractivity contribution in [1.29, 1.82) is 0 Å². The van der Waals surface area contributed by atoms with Gasteiger partial charge < -0.3 is 4.74 Å². The molecule has 1 aromatic rings. The molecule has 1 aliphatic heterocycles. The van der Waals surface area contributed by atoms with Crippen LogP contribution in [-0.2, 0) is 17.6 Å². The van der Waals surface area contributed by atoms with Gasteiger partial charge in [-0.15, -0.1) is 0 Å². The Morgan fingerprint density at radius 3 is 2.94 bits per heavy atom. The number of ether oxygens (including phenoxy) is 1. The molecule has 0 N–H and O–H groups in total. The lowest BCUT2D eigenvalue weighted by atomic mass is 9.85. The molecule has 0 fully saturated rings. The lowest BCUT2D eigenvalue weighted by Crippen LogP contribution is -2.23. The zero-order valence-corrected chi connectivity index (χ0v) is 10.7. The van der Waals surface area contributed by atoms with Crippen LogP contribution in [0.15, 0.2) is 18.2 Å². The Morgan fingerprint density at radius 2 is 2.24 bits per heavy atom. The predicted molar refractivity (Wildman–Crippen MR) is 68.4 cm³/mol. The Morgan fingerprint density at radius 1 is 1.47 bits per heavy atom. The average Bonchev–Trinajstić information content (AvgIpc) is 2.28. The van der Waals surface area contributed by atoms with Crippen molar-refractivity contribution in [2.75, 3.05) is 6.61 Å². The van der Waals surface area contributed by atoms with Crippen LogP contribution in [0.2, 0.25) is 0 Å². The Bertz CT molecular complexity index is 460. The highest BCUT2D eigenvalue weighted by atomic mass is 16.5. The van der Waals surface area contributed by atoms with E-state index in [1.165, 1.54) is 0 Å². The summed E-state index contributed by atoms with van der Waals surface area (Å²) in [6.07, 6.45) is 0.830. The highest BCUT2D eigenvalue weighted by Gasteiger charge is 2.23. The second-order valence-corrected chi connectivity index (χ2v) is 5.52. The molecule has 0 saturated carbocycles. The van der Waals surface area contributed by atoms with E-state index in [1.807, 2.05) is 39.0 Å². The third kappa shape index (κ3) is 2.68. The number of fused-ring (bicyclic) bond motifs is 1. The normalized spacial score (nSPS) is 20.2. The van der Waals surface area contributed by atoms with Gasteiger partial charge in [-0.3, -0.25) is 4.79 Å². The largest absolute Gasteiger partial charge is 0.493 e. The number of carbonyl (C=O) groups excluding carboxylic acids is 1. The summed E-state index contributed by atoms with van der Waals surface area (Å²) in [4.78, 5) is 12.1. The average molecular weight is 233 g/mol. The smallest absolute Gasteiger partial charge is 0.142 e. The number of carbonyl (C=O) groups is 1. The maximum atomic E-state index is 12.1. The van der Waals surface area contributed by atoms with Crippen molar-refractivity contribution in [3.8, 4) is 5.75 Å². The van der Waals surface area contributed by atoms with Crippen LogP contribution in [0.25, 0.3) is 0 Å². The van der Waals surface area contributed by atoms with Gasteiger partial charge in [-0.2, -0.15) is 0 Å². The molecule has 1 aliphatic rings. The molecule has 1 heterocycles. The molecule has 17 heavy (non-hydrogen) atoms. The zero-order valence-electron chi connectivity index (χ0n) is 11.7. The van der Waals surface area contributed by atoms with Crippen LogP contribution in [0.3, 0.4) is 0 Å². The first-order valence-electron chi connectivity index (χ1n) is 6.67. The molecule has 92 valence electrons. The van der Waals surface area contributed by atoms with Gasteiger partial charge in [0.05, 0.1) is 6.61 Å². The first kappa shape index (κ1) is 10.8. The summed E-state index contributed by atoms with van der Waals surface area (Å²) in [5.41, 5.74) is 1.52. The van der Waals surface area contributed by atoms with Crippen molar-refractivity contribution in [3.05, 3.63) is 29.3 Å².